The highest BCUT2D eigenvalue weighted by atomic mass is 35.5. The molecule has 0 aliphatic heterocycles. The number of aryl methyl sites for hydroxylation is 1. The van der Waals surface area contributed by atoms with Gasteiger partial charge in [0.1, 0.15) is 22.8 Å². The second kappa shape index (κ2) is 7.51. The number of nitrogens with zero attached hydrogens (tertiary/aromatic N) is 3. The fraction of sp³-hybridized carbons (Fsp3) is 0.200. The Morgan fingerprint density at radius 3 is 2.96 bits per heavy atom. The van der Waals surface area contributed by atoms with Gasteiger partial charge in [0.15, 0.2) is 4.34 Å². The summed E-state index contributed by atoms with van der Waals surface area (Å²) in [5, 5.41) is 14.8. The molecular formula is C15H12ClFN4O2S2. The molecule has 1 amide bonds. The topological polar surface area (TPSA) is 80.9 Å². The lowest BCUT2D eigenvalue weighted by Crippen LogP contribution is -2.13. The zero-order chi connectivity index (χ0) is 18.0. The summed E-state index contributed by atoms with van der Waals surface area (Å²) < 4.78 is 20.0. The highest BCUT2D eigenvalue weighted by molar-refractivity contribution is 8.01. The molecule has 0 aliphatic carbocycles. The number of amides is 1. The number of nitrogens with one attached hydrogen (secondary N) is 1. The van der Waals surface area contributed by atoms with E-state index in [1.54, 1.807) is 6.92 Å². The Balaban J connectivity index is 1.94. The van der Waals surface area contributed by atoms with Crippen LogP contribution in [0.3, 0.4) is 0 Å². The Labute approximate surface area is 155 Å². The average molecular weight is 399 g/mol. The number of anilines is 1. The van der Waals surface area contributed by atoms with Crippen LogP contribution >= 0.6 is 34.7 Å². The van der Waals surface area contributed by atoms with Crippen LogP contribution in [-0.2, 0) is 0 Å². The minimum atomic E-state index is -0.590. The molecule has 0 atom stereocenters. The van der Waals surface area contributed by atoms with E-state index in [-0.39, 0.29) is 27.6 Å². The summed E-state index contributed by atoms with van der Waals surface area (Å²) in [5.41, 5.74) is 0.170. The van der Waals surface area contributed by atoms with Crippen molar-refractivity contribution in [3.05, 3.63) is 40.4 Å². The molecule has 130 valence electrons. The molecule has 2 aromatic heterocycles. The van der Waals surface area contributed by atoms with E-state index in [0.717, 1.165) is 10.1 Å². The number of hydrogen-bond donors (Lipinski definition) is 1. The van der Waals surface area contributed by atoms with Crippen LogP contribution in [0.15, 0.2) is 27.1 Å². The average Bonchev–Trinajstić information content (AvgIpc) is 3.14. The maximum atomic E-state index is 14.2. The molecule has 2 heterocycles. The number of carbonyl (C=O) groups excluding carboxylic acids is 1. The number of halogens is 2. The second-order valence-electron chi connectivity index (χ2n) is 4.82. The number of aromatic nitrogens is 3. The first-order valence-corrected chi connectivity index (χ1v) is 9.37. The van der Waals surface area contributed by atoms with Gasteiger partial charge in [-0.2, -0.15) is 0 Å². The normalized spacial score (nSPS) is 10.9. The van der Waals surface area contributed by atoms with Crippen LogP contribution in [0.25, 0.3) is 11.3 Å². The third kappa shape index (κ3) is 3.68. The van der Waals surface area contributed by atoms with Crippen molar-refractivity contribution in [3.63, 3.8) is 0 Å². The van der Waals surface area contributed by atoms with Crippen LogP contribution in [-0.4, -0.2) is 27.0 Å². The quantitative estimate of drug-likeness (QED) is 0.497. The fourth-order valence-electron chi connectivity index (χ4n) is 2.14. The zero-order valence-corrected chi connectivity index (χ0v) is 15.6. The van der Waals surface area contributed by atoms with E-state index >= 15 is 0 Å². The molecule has 0 aliphatic rings. The van der Waals surface area contributed by atoms with Crippen LogP contribution in [0.4, 0.5) is 9.52 Å². The Kier molecular flexibility index (Phi) is 5.36. The van der Waals surface area contributed by atoms with Crippen molar-refractivity contribution in [3.8, 4) is 11.3 Å². The summed E-state index contributed by atoms with van der Waals surface area (Å²) in [6.45, 7) is 3.56. The summed E-state index contributed by atoms with van der Waals surface area (Å²) in [5.74, 6) is -0.00680. The van der Waals surface area contributed by atoms with Gasteiger partial charge in [0.2, 0.25) is 5.13 Å². The van der Waals surface area contributed by atoms with Gasteiger partial charge in [-0.05, 0) is 24.8 Å². The molecule has 25 heavy (non-hydrogen) atoms. The van der Waals surface area contributed by atoms with E-state index in [1.165, 1.54) is 41.3 Å². The smallest absolute Gasteiger partial charge is 0.263 e. The van der Waals surface area contributed by atoms with Gasteiger partial charge in [0.05, 0.1) is 10.6 Å². The van der Waals surface area contributed by atoms with Crippen molar-refractivity contribution < 1.29 is 13.7 Å². The van der Waals surface area contributed by atoms with Crippen molar-refractivity contribution in [2.24, 2.45) is 0 Å². The third-order valence-corrected chi connectivity index (χ3v) is 5.35. The fourth-order valence-corrected chi connectivity index (χ4v) is 4.03. The van der Waals surface area contributed by atoms with E-state index in [1.807, 2.05) is 6.92 Å². The van der Waals surface area contributed by atoms with Crippen molar-refractivity contribution in [1.82, 2.24) is 15.4 Å². The van der Waals surface area contributed by atoms with Crippen LogP contribution < -0.4 is 5.32 Å². The van der Waals surface area contributed by atoms with Crippen LogP contribution in [0.5, 0.6) is 0 Å². The molecule has 1 N–H and O–H groups in total. The number of hydrogen-bond acceptors (Lipinski definition) is 7. The Morgan fingerprint density at radius 1 is 1.44 bits per heavy atom. The summed E-state index contributed by atoms with van der Waals surface area (Å²) >= 11 is 8.85. The van der Waals surface area contributed by atoms with Gasteiger partial charge < -0.3 is 4.52 Å². The monoisotopic (exact) mass is 398 g/mol. The van der Waals surface area contributed by atoms with Crippen LogP contribution in [0.1, 0.15) is 23.0 Å². The summed E-state index contributed by atoms with van der Waals surface area (Å²) in [4.78, 5) is 12.6. The molecule has 3 rings (SSSR count). The first-order valence-electron chi connectivity index (χ1n) is 7.19. The van der Waals surface area contributed by atoms with E-state index in [9.17, 15) is 9.18 Å². The lowest BCUT2D eigenvalue weighted by Gasteiger charge is -2.05. The third-order valence-electron chi connectivity index (χ3n) is 3.18. The van der Waals surface area contributed by atoms with Gasteiger partial charge in [-0.1, -0.05) is 52.8 Å². The summed E-state index contributed by atoms with van der Waals surface area (Å²) in [6, 6.07) is 4.23. The van der Waals surface area contributed by atoms with Crippen molar-refractivity contribution in [2.75, 3.05) is 11.1 Å². The summed E-state index contributed by atoms with van der Waals surface area (Å²) in [6.07, 6.45) is 0. The van der Waals surface area contributed by atoms with Crippen molar-refractivity contribution >= 4 is 45.7 Å². The molecule has 3 aromatic rings. The predicted octanol–water partition coefficient (Wildman–Crippen LogP) is 4.66. The maximum absolute atomic E-state index is 14.2. The molecule has 0 fully saturated rings. The Morgan fingerprint density at radius 2 is 2.24 bits per heavy atom. The van der Waals surface area contributed by atoms with Gasteiger partial charge in [-0.3, -0.25) is 10.1 Å². The maximum Gasteiger partial charge on any atom is 0.263 e. The largest absolute Gasteiger partial charge is 0.360 e. The van der Waals surface area contributed by atoms with Gasteiger partial charge in [-0.25, -0.2) is 4.39 Å². The van der Waals surface area contributed by atoms with Gasteiger partial charge in [0, 0.05) is 0 Å². The van der Waals surface area contributed by atoms with Gasteiger partial charge in [0.25, 0.3) is 5.91 Å². The molecule has 0 radical (unpaired) electrons. The van der Waals surface area contributed by atoms with E-state index in [0.29, 0.717) is 5.13 Å². The second-order valence-corrected chi connectivity index (χ2v) is 7.72. The number of carbonyl (C=O) groups is 1. The lowest BCUT2D eigenvalue weighted by molar-refractivity contribution is 0.102. The molecule has 0 bridgehead atoms. The van der Waals surface area contributed by atoms with Gasteiger partial charge in [-0.15, -0.1) is 10.2 Å². The van der Waals surface area contributed by atoms with Crippen molar-refractivity contribution in [1.29, 1.82) is 0 Å². The van der Waals surface area contributed by atoms with Crippen molar-refractivity contribution in [2.45, 2.75) is 18.2 Å². The number of thioether (sulfide) groups is 1. The minimum Gasteiger partial charge on any atom is -0.360 e. The minimum absolute atomic E-state index is 0.0191. The molecule has 0 saturated carbocycles. The SMILES string of the molecule is CCSc1nnc(NC(=O)c2c(-c3c(F)cccc3Cl)noc2C)s1. The molecule has 6 nitrogen and oxygen atoms in total. The number of benzene rings is 1. The molecule has 0 saturated heterocycles. The van der Waals surface area contributed by atoms with Crippen LogP contribution in [0, 0.1) is 12.7 Å². The summed E-state index contributed by atoms with van der Waals surface area (Å²) in [7, 11) is 0. The Bertz CT molecular complexity index is 908. The molecule has 1 aromatic carbocycles. The highest BCUT2D eigenvalue weighted by Crippen LogP contribution is 2.34. The van der Waals surface area contributed by atoms with Gasteiger partial charge >= 0.3 is 0 Å². The zero-order valence-electron chi connectivity index (χ0n) is 13.2. The highest BCUT2D eigenvalue weighted by Gasteiger charge is 2.26. The first kappa shape index (κ1) is 17.8. The van der Waals surface area contributed by atoms with Crippen LogP contribution in [0.2, 0.25) is 5.02 Å². The standard InChI is InChI=1S/C15H12ClFN4O2S2/c1-3-24-15-20-19-14(25-15)18-13(22)10-7(2)23-21-12(10)11-8(16)5-4-6-9(11)17/h4-6H,3H2,1-2H3,(H,18,19,22). The van der Waals surface area contributed by atoms with E-state index < -0.39 is 11.7 Å². The Hall–Kier alpha value is -1.97. The lowest BCUT2D eigenvalue weighted by atomic mass is 10.1. The number of rotatable bonds is 5. The predicted molar refractivity (Wildman–Crippen MR) is 95.9 cm³/mol. The molecule has 0 unspecified atom stereocenters. The molecule has 0 spiro atoms. The van der Waals surface area contributed by atoms with E-state index in [4.69, 9.17) is 16.1 Å². The molecule has 10 heteroatoms. The van der Waals surface area contributed by atoms with E-state index in [2.05, 4.69) is 20.7 Å². The first-order chi connectivity index (χ1) is 12.0. The molecular weight excluding hydrogens is 387 g/mol.